The van der Waals surface area contributed by atoms with Crippen LogP contribution in [0.2, 0.25) is 0 Å². The molecule has 0 spiro atoms. The van der Waals surface area contributed by atoms with Crippen molar-refractivity contribution in [2.24, 2.45) is 0 Å². The van der Waals surface area contributed by atoms with E-state index in [1.54, 1.807) is 24.3 Å². The van der Waals surface area contributed by atoms with E-state index in [2.05, 4.69) is 32.3 Å². The summed E-state index contributed by atoms with van der Waals surface area (Å²) in [7, 11) is 0. The standard InChI is InChI=1S/C25H19FN6O/c1-14(22-11-21(31-33-22)17-5-2-3-7-19(17)26)32-12-18(23-24(27)29-13-30-25(23)32)15-9-10-28-20-8-4-6-16(15)20/h2-7,9-14H,8H2,1H3,(H2,27,29,30). The molecule has 7 nitrogen and oxygen atoms in total. The lowest BCUT2D eigenvalue weighted by molar-refractivity contribution is 0.356. The zero-order valence-corrected chi connectivity index (χ0v) is 17.7. The van der Waals surface area contributed by atoms with Crippen LogP contribution in [0.15, 0.2) is 65.7 Å². The Kier molecular flexibility index (Phi) is 4.33. The van der Waals surface area contributed by atoms with Gasteiger partial charge in [0, 0.05) is 41.6 Å². The van der Waals surface area contributed by atoms with Gasteiger partial charge < -0.3 is 14.8 Å². The minimum Gasteiger partial charge on any atom is -0.383 e. The Bertz CT molecular complexity index is 1550. The Morgan fingerprint density at radius 2 is 1.97 bits per heavy atom. The first kappa shape index (κ1) is 19.4. The molecule has 0 fully saturated rings. The van der Waals surface area contributed by atoms with Gasteiger partial charge in [0.2, 0.25) is 0 Å². The maximum absolute atomic E-state index is 14.2. The average molecular weight is 438 g/mol. The van der Waals surface area contributed by atoms with E-state index < -0.39 is 0 Å². The number of pyridine rings is 1. The number of nitrogens with two attached hydrogens (primary N) is 1. The van der Waals surface area contributed by atoms with E-state index in [9.17, 15) is 4.39 Å². The third kappa shape index (κ3) is 3.02. The second kappa shape index (κ2) is 7.37. The molecule has 1 aliphatic carbocycles. The minimum absolute atomic E-state index is 0.269. The molecule has 1 unspecified atom stereocenters. The normalized spacial score (nSPS) is 13.5. The lowest BCUT2D eigenvalue weighted by Crippen LogP contribution is -2.05. The summed E-state index contributed by atoms with van der Waals surface area (Å²) >= 11 is 0. The topological polar surface area (TPSA) is 95.7 Å². The summed E-state index contributed by atoms with van der Waals surface area (Å²) in [6.45, 7) is 1.98. The molecule has 5 aromatic rings. The third-order valence-corrected chi connectivity index (χ3v) is 6.10. The number of hydrogen-bond donors (Lipinski definition) is 1. The van der Waals surface area contributed by atoms with Gasteiger partial charge in [-0.25, -0.2) is 14.4 Å². The molecule has 1 aromatic carbocycles. The maximum Gasteiger partial charge on any atom is 0.159 e. The Balaban J connectivity index is 1.50. The molecule has 0 aliphatic heterocycles. The molecule has 1 aliphatic rings. The summed E-state index contributed by atoms with van der Waals surface area (Å²) in [5.41, 5.74) is 11.9. The van der Waals surface area contributed by atoms with E-state index >= 15 is 0 Å². The van der Waals surface area contributed by atoms with E-state index in [-0.39, 0.29) is 11.9 Å². The molecule has 1 atom stereocenters. The van der Waals surface area contributed by atoms with Gasteiger partial charge in [-0.05, 0) is 30.7 Å². The zero-order valence-electron chi connectivity index (χ0n) is 17.7. The van der Waals surface area contributed by atoms with Crippen molar-refractivity contribution in [2.45, 2.75) is 19.4 Å². The van der Waals surface area contributed by atoms with Crippen LogP contribution >= 0.6 is 0 Å². The highest BCUT2D eigenvalue weighted by Crippen LogP contribution is 2.39. The van der Waals surface area contributed by atoms with Crippen molar-refractivity contribution >= 4 is 22.9 Å². The molecule has 6 rings (SSSR count). The molecular weight excluding hydrogens is 419 g/mol. The summed E-state index contributed by atoms with van der Waals surface area (Å²) in [6.07, 6.45) is 10.3. The lowest BCUT2D eigenvalue weighted by Gasteiger charge is -2.11. The van der Waals surface area contributed by atoms with Crippen LogP contribution in [0.3, 0.4) is 0 Å². The highest BCUT2D eigenvalue weighted by molar-refractivity contribution is 6.02. The number of benzene rings is 1. The van der Waals surface area contributed by atoms with E-state index in [0.717, 1.165) is 34.2 Å². The molecule has 162 valence electrons. The molecule has 4 aromatic heterocycles. The second-order valence-electron chi connectivity index (χ2n) is 8.00. The Hall–Kier alpha value is -4.33. The average Bonchev–Trinajstić information content (AvgIpc) is 3.57. The van der Waals surface area contributed by atoms with Gasteiger partial charge in [-0.3, -0.25) is 4.98 Å². The third-order valence-electron chi connectivity index (χ3n) is 6.10. The summed E-state index contributed by atoms with van der Waals surface area (Å²) in [4.78, 5) is 13.2. The van der Waals surface area contributed by atoms with Crippen molar-refractivity contribution in [2.75, 3.05) is 5.73 Å². The molecule has 0 saturated heterocycles. The van der Waals surface area contributed by atoms with Gasteiger partial charge in [0.1, 0.15) is 29.3 Å². The number of aromatic nitrogens is 5. The number of allylic oxidation sites excluding steroid dienone is 1. The molecule has 0 radical (unpaired) electrons. The fourth-order valence-corrected chi connectivity index (χ4v) is 4.42. The van der Waals surface area contributed by atoms with E-state index in [1.165, 1.54) is 12.4 Å². The van der Waals surface area contributed by atoms with Crippen molar-refractivity contribution < 1.29 is 8.91 Å². The van der Waals surface area contributed by atoms with Crippen LogP contribution in [-0.2, 0) is 6.42 Å². The van der Waals surface area contributed by atoms with Crippen molar-refractivity contribution in [3.05, 3.63) is 84.0 Å². The molecule has 4 heterocycles. The smallest absolute Gasteiger partial charge is 0.159 e. The number of hydrogen-bond acceptors (Lipinski definition) is 6. The number of rotatable bonds is 4. The fourth-order valence-electron chi connectivity index (χ4n) is 4.42. The van der Waals surface area contributed by atoms with Gasteiger partial charge in [0.15, 0.2) is 5.76 Å². The summed E-state index contributed by atoms with van der Waals surface area (Å²) in [5.74, 6) is 0.630. The zero-order chi connectivity index (χ0) is 22.5. The van der Waals surface area contributed by atoms with Crippen LogP contribution in [0.1, 0.15) is 30.0 Å². The van der Waals surface area contributed by atoms with Crippen LogP contribution < -0.4 is 5.73 Å². The van der Waals surface area contributed by atoms with Crippen LogP contribution in [0.4, 0.5) is 10.2 Å². The predicted molar refractivity (Wildman–Crippen MR) is 124 cm³/mol. The van der Waals surface area contributed by atoms with Crippen molar-refractivity contribution in [1.29, 1.82) is 0 Å². The molecule has 0 bridgehead atoms. The first-order chi connectivity index (χ1) is 16.1. The molecule has 0 amide bonds. The van der Waals surface area contributed by atoms with Gasteiger partial charge in [-0.1, -0.05) is 29.4 Å². The molecule has 8 heteroatoms. The van der Waals surface area contributed by atoms with Crippen molar-refractivity contribution in [3.63, 3.8) is 0 Å². The number of nitrogens with zero attached hydrogens (tertiary/aromatic N) is 5. The van der Waals surface area contributed by atoms with Crippen LogP contribution in [0, 0.1) is 5.82 Å². The van der Waals surface area contributed by atoms with E-state index in [0.29, 0.717) is 28.5 Å². The Morgan fingerprint density at radius 1 is 1.09 bits per heavy atom. The predicted octanol–water partition coefficient (Wildman–Crippen LogP) is 5.05. The van der Waals surface area contributed by atoms with Crippen LogP contribution in [0.5, 0.6) is 0 Å². The molecule has 33 heavy (non-hydrogen) atoms. The number of anilines is 1. The van der Waals surface area contributed by atoms with Gasteiger partial charge >= 0.3 is 0 Å². The minimum atomic E-state index is -0.348. The van der Waals surface area contributed by atoms with Crippen LogP contribution in [0.25, 0.3) is 39.5 Å². The number of fused-ring (bicyclic) bond motifs is 2. The molecule has 2 N–H and O–H groups in total. The van der Waals surface area contributed by atoms with Gasteiger partial charge in [-0.2, -0.15) is 0 Å². The number of nitrogen functional groups attached to an aromatic ring is 1. The van der Waals surface area contributed by atoms with Crippen molar-refractivity contribution in [1.82, 2.24) is 24.7 Å². The van der Waals surface area contributed by atoms with Gasteiger partial charge in [-0.15, -0.1) is 0 Å². The van der Waals surface area contributed by atoms with Crippen molar-refractivity contribution in [3.8, 4) is 22.4 Å². The highest BCUT2D eigenvalue weighted by atomic mass is 19.1. The number of halogens is 1. The van der Waals surface area contributed by atoms with E-state index in [1.807, 2.05) is 30.0 Å². The van der Waals surface area contributed by atoms with Gasteiger partial charge in [0.25, 0.3) is 0 Å². The van der Waals surface area contributed by atoms with Crippen LogP contribution in [-0.4, -0.2) is 24.7 Å². The van der Waals surface area contributed by atoms with E-state index in [4.69, 9.17) is 10.3 Å². The Labute approximate surface area is 188 Å². The fraction of sp³-hybridized carbons (Fsp3) is 0.120. The SMILES string of the molecule is CC(c1cc(-c2ccccc2F)no1)n1cc(-c2ccnc3c2C=CC3)c2c(N)ncnc21. The maximum atomic E-state index is 14.2. The monoisotopic (exact) mass is 438 g/mol. The first-order valence-electron chi connectivity index (χ1n) is 10.6. The van der Waals surface area contributed by atoms with Gasteiger partial charge in [0.05, 0.1) is 17.1 Å². The first-order valence-corrected chi connectivity index (χ1v) is 10.6. The Morgan fingerprint density at radius 3 is 2.85 bits per heavy atom. The lowest BCUT2D eigenvalue weighted by atomic mass is 10.0. The largest absolute Gasteiger partial charge is 0.383 e. The highest BCUT2D eigenvalue weighted by Gasteiger charge is 2.24. The molecule has 0 saturated carbocycles. The second-order valence-corrected chi connectivity index (χ2v) is 8.00. The summed E-state index contributed by atoms with van der Waals surface area (Å²) in [5, 5.41) is 4.87. The summed E-state index contributed by atoms with van der Waals surface area (Å²) in [6, 6.07) is 9.96. The molecular formula is C25H19FN6O. The quantitative estimate of drug-likeness (QED) is 0.422. The summed E-state index contributed by atoms with van der Waals surface area (Å²) < 4.78 is 21.8.